The quantitative estimate of drug-likeness (QED) is 0.865. The van der Waals surface area contributed by atoms with Gasteiger partial charge in [0.15, 0.2) is 0 Å². The van der Waals surface area contributed by atoms with Crippen LogP contribution in [0.2, 0.25) is 5.02 Å². The first kappa shape index (κ1) is 15.8. The molecule has 0 amide bonds. The van der Waals surface area contributed by atoms with Gasteiger partial charge >= 0.3 is 0 Å². The van der Waals surface area contributed by atoms with Gasteiger partial charge in [0.1, 0.15) is 0 Å². The smallest absolute Gasteiger partial charge is 0.262 e. The van der Waals surface area contributed by atoms with E-state index in [-0.39, 0.29) is 15.6 Å². The monoisotopic (exact) mass is 384 g/mol. The van der Waals surface area contributed by atoms with Crippen molar-refractivity contribution in [3.05, 3.63) is 57.0 Å². The van der Waals surface area contributed by atoms with E-state index in [0.29, 0.717) is 15.6 Å². The number of hydrogen-bond donors (Lipinski definition) is 1. The number of anilines is 1. The highest BCUT2D eigenvalue weighted by atomic mass is 79.9. The normalized spacial score (nSPS) is 11.0. The Balaban J connectivity index is 2.47. The first-order valence-electron chi connectivity index (χ1n) is 5.82. The van der Waals surface area contributed by atoms with E-state index >= 15 is 0 Å². The zero-order chi connectivity index (χ0) is 15.6. The molecule has 108 valence electrons. The Hall–Kier alpha value is -1.55. The third-order valence-corrected chi connectivity index (χ3v) is 5.11. The Morgan fingerprint density at radius 1 is 1.24 bits per heavy atom. The molecule has 0 fully saturated rings. The van der Waals surface area contributed by atoms with Crippen molar-refractivity contribution >= 4 is 43.2 Å². The van der Waals surface area contributed by atoms with Gasteiger partial charge in [-0.05, 0) is 42.8 Å². The molecule has 0 saturated heterocycles. The lowest BCUT2D eigenvalue weighted by atomic mass is 10.2. The van der Waals surface area contributed by atoms with Crippen molar-refractivity contribution in [2.75, 3.05) is 4.72 Å². The summed E-state index contributed by atoms with van der Waals surface area (Å²) in [5, 5.41) is 9.10. The minimum absolute atomic E-state index is 0.148. The molecular formula is C14H10BrClN2O2S. The molecule has 2 aromatic rings. The molecule has 2 aromatic carbocycles. The molecule has 4 nitrogen and oxygen atoms in total. The minimum atomic E-state index is -3.79. The average Bonchev–Trinajstić information content (AvgIpc) is 2.43. The Morgan fingerprint density at radius 2 is 1.95 bits per heavy atom. The van der Waals surface area contributed by atoms with E-state index in [9.17, 15) is 8.42 Å². The molecule has 7 heteroatoms. The molecule has 0 saturated carbocycles. The van der Waals surface area contributed by atoms with Crippen molar-refractivity contribution in [3.8, 4) is 6.07 Å². The largest absolute Gasteiger partial charge is 0.278 e. The highest BCUT2D eigenvalue weighted by Crippen LogP contribution is 2.27. The molecule has 0 aliphatic heterocycles. The molecular weight excluding hydrogens is 376 g/mol. The van der Waals surface area contributed by atoms with E-state index < -0.39 is 10.0 Å². The van der Waals surface area contributed by atoms with Crippen molar-refractivity contribution in [1.29, 1.82) is 5.26 Å². The molecule has 0 aliphatic carbocycles. The highest BCUT2D eigenvalue weighted by Gasteiger charge is 2.18. The SMILES string of the molecule is Cc1ccc(Br)cc1S(=O)(=O)Nc1cc(C#N)ccc1Cl. The maximum absolute atomic E-state index is 12.5. The summed E-state index contributed by atoms with van der Waals surface area (Å²) in [6, 6.07) is 11.3. The molecule has 0 aromatic heterocycles. The molecule has 0 atom stereocenters. The number of halogens is 2. The molecule has 0 heterocycles. The van der Waals surface area contributed by atoms with Crippen LogP contribution in [-0.2, 0) is 10.0 Å². The van der Waals surface area contributed by atoms with Gasteiger partial charge in [-0.2, -0.15) is 5.26 Å². The average molecular weight is 386 g/mol. The second kappa shape index (κ2) is 6.06. The fourth-order valence-electron chi connectivity index (χ4n) is 1.74. The van der Waals surface area contributed by atoms with E-state index in [2.05, 4.69) is 20.7 Å². The van der Waals surface area contributed by atoms with E-state index in [1.807, 2.05) is 6.07 Å². The second-order valence-electron chi connectivity index (χ2n) is 4.32. The lowest BCUT2D eigenvalue weighted by Gasteiger charge is -2.12. The third-order valence-electron chi connectivity index (χ3n) is 2.78. The van der Waals surface area contributed by atoms with Crippen LogP contribution in [0.4, 0.5) is 5.69 Å². The van der Waals surface area contributed by atoms with Gasteiger partial charge in [0.25, 0.3) is 10.0 Å². The van der Waals surface area contributed by atoms with Crippen LogP contribution in [0.25, 0.3) is 0 Å². The van der Waals surface area contributed by atoms with Crippen LogP contribution in [0.3, 0.4) is 0 Å². The number of rotatable bonds is 3. The Morgan fingerprint density at radius 3 is 2.62 bits per heavy atom. The molecule has 0 radical (unpaired) electrons. The van der Waals surface area contributed by atoms with E-state index in [4.69, 9.17) is 16.9 Å². The zero-order valence-corrected chi connectivity index (χ0v) is 14.1. The predicted octanol–water partition coefficient (Wildman–Crippen LogP) is 4.08. The van der Waals surface area contributed by atoms with Crippen LogP contribution in [0, 0.1) is 18.3 Å². The van der Waals surface area contributed by atoms with Crippen LogP contribution in [0.5, 0.6) is 0 Å². The number of nitriles is 1. The number of aryl methyl sites for hydroxylation is 1. The van der Waals surface area contributed by atoms with Crippen LogP contribution in [-0.4, -0.2) is 8.42 Å². The maximum Gasteiger partial charge on any atom is 0.262 e. The summed E-state index contributed by atoms with van der Waals surface area (Å²) in [6.45, 7) is 1.70. The Kier molecular flexibility index (Phi) is 4.57. The summed E-state index contributed by atoms with van der Waals surface area (Å²) >= 11 is 9.22. The molecule has 21 heavy (non-hydrogen) atoms. The van der Waals surface area contributed by atoms with Crippen LogP contribution in [0.1, 0.15) is 11.1 Å². The first-order chi connectivity index (χ1) is 9.83. The van der Waals surface area contributed by atoms with Crippen molar-refractivity contribution in [2.45, 2.75) is 11.8 Å². The summed E-state index contributed by atoms with van der Waals surface area (Å²) in [6.07, 6.45) is 0. The van der Waals surface area contributed by atoms with Gasteiger partial charge in [-0.1, -0.05) is 33.6 Å². The van der Waals surface area contributed by atoms with Crippen LogP contribution in [0.15, 0.2) is 45.8 Å². The van der Waals surface area contributed by atoms with E-state index in [1.165, 1.54) is 24.3 Å². The first-order valence-corrected chi connectivity index (χ1v) is 8.47. The van der Waals surface area contributed by atoms with Gasteiger partial charge in [0.2, 0.25) is 0 Å². The van der Waals surface area contributed by atoms with Crippen molar-refractivity contribution < 1.29 is 8.42 Å². The maximum atomic E-state index is 12.5. The number of sulfonamides is 1. The molecule has 0 bridgehead atoms. The standard InChI is InChI=1S/C14H10BrClN2O2S/c1-9-2-4-11(15)7-14(9)21(19,20)18-13-6-10(8-17)3-5-12(13)16/h2-7,18H,1H3. The fourth-order valence-corrected chi connectivity index (χ4v) is 3.81. The zero-order valence-electron chi connectivity index (χ0n) is 10.9. The minimum Gasteiger partial charge on any atom is -0.278 e. The molecule has 0 unspecified atom stereocenters. The fraction of sp³-hybridized carbons (Fsp3) is 0.0714. The number of hydrogen-bond acceptors (Lipinski definition) is 3. The summed E-state index contributed by atoms with van der Waals surface area (Å²) in [5.41, 5.74) is 1.11. The van der Waals surface area contributed by atoms with Gasteiger partial charge < -0.3 is 0 Å². The summed E-state index contributed by atoms with van der Waals surface area (Å²) < 4.78 is 28.0. The van der Waals surface area contributed by atoms with E-state index in [0.717, 1.165) is 0 Å². The lowest BCUT2D eigenvalue weighted by Crippen LogP contribution is -2.14. The van der Waals surface area contributed by atoms with Gasteiger partial charge in [-0.25, -0.2) is 8.42 Å². The molecule has 0 spiro atoms. The van der Waals surface area contributed by atoms with Crippen LogP contribution < -0.4 is 4.72 Å². The molecule has 1 N–H and O–H groups in total. The third kappa shape index (κ3) is 3.56. The lowest BCUT2D eigenvalue weighted by molar-refractivity contribution is 0.600. The molecule has 2 rings (SSSR count). The second-order valence-corrected chi connectivity index (χ2v) is 7.30. The van der Waals surface area contributed by atoms with Crippen molar-refractivity contribution in [1.82, 2.24) is 0 Å². The topological polar surface area (TPSA) is 70.0 Å². The Labute approximate surface area is 136 Å². The summed E-state index contributed by atoms with van der Waals surface area (Å²) in [5.74, 6) is 0. The van der Waals surface area contributed by atoms with Gasteiger partial charge in [-0.3, -0.25) is 4.72 Å². The van der Waals surface area contributed by atoms with Gasteiger partial charge in [0, 0.05) is 4.47 Å². The van der Waals surface area contributed by atoms with Gasteiger partial charge in [-0.15, -0.1) is 0 Å². The highest BCUT2D eigenvalue weighted by molar-refractivity contribution is 9.10. The number of nitrogens with one attached hydrogen (secondary N) is 1. The number of benzene rings is 2. The summed E-state index contributed by atoms with van der Waals surface area (Å²) in [7, 11) is -3.79. The number of nitrogens with zero attached hydrogens (tertiary/aromatic N) is 1. The molecule has 0 aliphatic rings. The van der Waals surface area contributed by atoms with Gasteiger partial charge in [0.05, 0.1) is 27.2 Å². The van der Waals surface area contributed by atoms with Crippen molar-refractivity contribution in [2.24, 2.45) is 0 Å². The summed E-state index contributed by atoms with van der Waals surface area (Å²) in [4.78, 5) is 0.148. The predicted molar refractivity (Wildman–Crippen MR) is 85.9 cm³/mol. The van der Waals surface area contributed by atoms with E-state index in [1.54, 1.807) is 19.1 Å². The van der Waals surface area contributed by atoms with Crippen LogP contribution >= 0.6 is 27.5 Å². The van der Waals surface area contributed by atoms with Crippen molar-refractivity contribution in [3.63, 3.8) is 0 Å². The Bertz CT molecular complexity index is 845.